The molecule has 0 radical (unpaired) electrons. The number of hydrogen-bond donors (Lipinski definition) is 2. The Morgan fingerprint density at radius 1 is 1.03 bits per heavy atom. The first-order chi connectivity index (χ1) is 15.1. The number of para-hydroxylation sites is 1. The van der Waals surface area contributed by atoms with E-state index in [2.05, 4.69) is 15.8 Å². The van der Waals surface area contributed by atoms with Crippen molar-refractivity contribution in [2.45, 2.75) is 20.0 Å². The molecule has 3 aromatic rings. The predicted octanol–water partition coefficient (Wildman–Crippen LogP) is 4.86. The molecule has 0 saturated heterocycles. The topological polar surface area (TPSA) is 75.5 Å². The molecule has 32 heavy (non-hydrogen) atoms. The average Bonchev–Trinajstić information content (AvgIpc) is 3.02. The van der Waals surface area contributed by atoms with Crippen LogP contribution >= 0.6 is 11.6 Å². The van der Waals surface area contributed by atoms with E-state index < -0.39 is 28.6 Å². The van der Waals surface area contributed by atoms with Gasteiger partial charge in [0, 0.05) is 28.3 Å². The third-order valence-corrected chi connectivity index (χ3v) is 4.92. The Morgan fingerprint density at radius 2 is 1.72 bits per heavy atom. The number of aromatic nitrogens is 1. The summed E-state index contributed by atoms with van der Waals surface area (Å²) < 4.78 is 40.8. The Hall–Kier alpha value is -3.59. The third kappa shape index (κ3) is 5.17. The van der Waals surface area contributed by atoms with Crippen molar-refractivity contribution in [1.29, 1.82) is 0 Å². The zero-order valence-corrected chi connectivity index (χ0v) is 17.8. The Balaban J connectivity index is 1.67. The van der Waals surface area contributed by atoms with Crippen molar-refractivity contribution < 1.29 is 22.8 Å². The predicted molar refractivity (Wildman–Crippen MR) is 116 cm³/mol. The van der Waals surface area contributed by atoms with Gasteiger partial charge in [-0.15, -0.1) is 0 Å². The number of rotatable bonds is 4. The molecule has 0 aliphatic heterocycles. The standard InChI is InChI=1S/C22H18ClF3N4O2/c1-13-10-15(14(2)30(13)17-6-4-3-5-7-17)12-27-29-21(32)20(31)28-16-8-9-19(23)18(11-16)22(24,25)26/h3-12H,1-2H3,(H,28,31)(H,29,32)/b27-12-. The number of amides is 2. The number of alkyl halides is 3. The molecular formula is C22H18ClF3N4O2. The van der Waals surface area contributed by atoms with Gasteiger partial charge in [0.05, 0.1) is 16.8 Å². The van der Waals surface area contributed by atoms with Gasteiger partial charge in [0.2, 0.25) is 0 Å². The quantitative estimate of drug-likeness (QED) is 0.330. The number of hydrogen-bond acceptors (Lipinski definition) is 3. The molecule has 0 aliphatic rings. The van der Waals surface area contributed by atoms with Crippen LogP contribution in [0.15, 0.2) is 59.7 Å². The van der Waals surface area contributed by atoms with Gasteiger partial charge in [-0.3, -0.25) is 9.59 Å². The van der Waals surface area contributed by atoms with Crippen LogP contribution in [0.3, 0.4) is 0 Å². The lowest BCUT2D eigenvalue weighted by Crippen LogP contribution is -2.32. The molecule has 3 rings (SSSR count). The first-order valence-corrected chi connectivity index (χ1v) is 9.71. The summed E-state index contributed by atoms with van der Waals surface area (Å²) in [7, 11) is 0. The molecule has 0 fully saturated rings. The Morgan fingerprint density at radius 3 is 2.38 bits per heavy atom. The van der Waals surface area contributed by atoms with Crippen molar-refractivity contribution in [3.8, 4) is 5.69 Å². The smallest absolute Gasteiger partial charge is 0.318 e. The summed E-state index contributed by atoms with van der Waals surface area (Å²) in [5, 5.41) is 5.36. The maximum Gasteiger partial charge on any atom is 0.417 e. The summed E-state index contributed by atoms with van der Waals surface area (Å²) in [6.45, 7) is 3.80. The molecule has 10 heteroatoms. The van der Waals surface area contributed by atoms with Gasteiger partial charge in [0.25, 0.3) is 0 Å². The molecular weight excluding hydrogens is 445 g/mol. The maximum atomic E-state index is 12.9. The zero-order chi connectivity index (χ0) is 23.5. The minimum atomic E-state index is -4.70. The van der Waals surface area contributed by atoms with Crippen molar-refractivity contribution >= 4 is 35.3 Å². The van der Waals surface area contributed by atoms with Crippen LogP contribution < -0.4 is 10.7 Å². The monoisotopic (exact) mass is 462 g/mol. The van der Waals surface area contributed by atoms with E-state index in [1.807, 2.05) is 54.8 Å². The van der Waals surface area contributed by atoms with Crippen LogP contribution in [0.2, 0.25) is 5.02 Å². The number of nitrogens with zero attached hydrogens (tertiary/aromatic N) is 2. The molecule has 166 valence electrons. The van der Waals surface area contributed by atoms with E-state index in [1.165, 1.54) is 6.21 Å². The lowest BCUT2D eigenvalue weighted by Gasteiger charge is -2.11. The number of carbonyl (C=O) groups excluding carboxylic acids is 2. The van der Waals surface area contributed by atoms with Crippen LogP contribution in [0.5, 0.6) is 0 Å². The summed E-state index contributed by atoms with van der Waals surface area (Å²) in [5.41, 5.74) is 4.22. The highest BCUT2D eigenvalue weighted by Crippen LogP contribution is 2.36. The number of benzene rings is 2. The number of halogens is 4. The molecule has 0 bridgehead atoms. The first-order valence-electron chi connectivity index (χ1n) is 9.33. The van der Waals surface area contributed by atoms with Gasteiger partial charge in [0.15, 0.2) is 0 Å². The number of carbonyl (C=O) groups is 2. The van der Waals surface area contributed by atoms with Crippen LogP contribution in [0.4, 0.5) is 18.9 Å². The molecule has 2 N–H and O–H groups in total. The summed E-state index contributed by atoms with van der Waals surface area (Å²) in [5.74, 6) is -2.31. The van der Waals surface area contributed by atoms with Crippen LogP contribution in [-0.2, 0) is 15.8 Å². The molecule has 0 unspecified atom stereocenters. The van der Waals surface area contributed by atoms with Gasteiger partial charge < -0.3 is 9.88 Å². The van der Waals surface area contributed by atoms with Crippen molar-refractivity contribution in [3.63, 3.8) is 0 Å². The molecule has 1 aromatic heterocycles. The van der Waals surface area contributed by atoms with E-state index in [0.717, 1.165) is 34.8 Å². The zero-order valence-electron chi connectivity index (χ0n) is 17.0. The number of anilines is 1. The maximum absolute atomic E-state index is 12.9. The molecule has 2 amide bonds. The van der Waals surface area contributed by atoms with Crippen molar-refractivity contribution in [3.05, 3.63) is 82.1 Å². The molecule has 0 spiro atoms. The van der Waals surface area contributed by atoms with E-state index in [0.29, 0.717) is 6.07 Å². The van der Waals surface area contributed by atoms with E-state index in [4.69, 9.17) is 11.6 Å². The lowest BCUT2D eigenvalue weighted by molar-refractivity contribution is -0.137. The molecule has 2 aromatic carbocycles. The fourth-order valence-electron chi connectivity index (χ4n) is 3.11. The number of aryl methyl sites for hydroxylation is 1. The fraction of sp³-hybridized carbons (Fsp3) is 0.136. The van der Waals surface area contributed by atoms with Crippen molar-refractivity contribution in [1.82, 2.24) is 9.99 Å². The van der Waals surface area contributed by atoms with Crippen LogP contribution in [0, 0.1) is 13.8 Å². The summed E-state index contributed by atoms with van der Waals surface area (Å²) >= 11 is 5.54. The summed E-state index contributed by atoms with van der Waals surface area (Å²) in [6, 6.07) is 14.3. The largest absolute Gasteiger partial charge is 0.417 e. The molecule has 0 aliphatic carbocycles. The van der Waals surface area contributed by atoms with E-state index in [-0.39, 0.29) is 5.69 Å². The molecule has 0 saturated carbocycles. The van der Waals surface area contributed by atoms with E-state index in [1.54, 1.807) is 0 Å². The van der Waals surface area contributed by atoms with Gasteiger partial charge in [-0.2, -0.15) is 18.3 Å². The van der Waals surface area contributed by atoms with E-state index >= 15 is 0 Å². The molecule has 1 heterocycles. The minimum absolute atomic E-state index is 0.225. The fourth-order valence-corrected chi connectivity index (χ4v) is 3.34. The van der Waals surface area contributed by atoms with Gasteiger partial charge in [-0.25, -0.2) is 5.43 Å². The Kier molecular flexibility index (Phi) is 6.69. The van der Waals surface area contributed by atoms with Gasteiger partial charge in [-0.05, 0) is 50.2 Å². The summed E-state index contributed by atoms with van der Waals surface area (Å²) in [6.07, 6.45) is -3.31. The van der Waals surface area contributed by atoms with Gasteiger partial charge in [0.1, 0.15) is 0 Å². The highest BCUT2D eigenvalue weighted by Gasteiger charge is 2.33. The van der Waals surface area contributed by atoms with E-state index in [9.17, 15) is 22.8 Å². The number of nitrogens with one attached hydrogen (secondary N) is 2. The number of hydrazone groups is 1. The van der Waals surface area contributed by atoms with Crippen LogP contribution in [0.25, 0.3) is 5.69 Å². The molecule has 0 atom stereocenters. The normalized spacial score (nSPS) is 11.6. The minimum Gasteiger partial charge on any atom is -0.318 e. The second kappa shape index (κ2) is 9.27. The van der Waals surface area contributed by atoms with Gasteiger partial charge >= 0.3 is 18.0 Å². The van der Waals surface area contributed by atoms with Crippen LogP contribution in [-0.4, -0.2) is 22.6 Å². The third-order valence-electron chi connectivity index (χ3n) is 4.59. The van der Waals surface area contributed by atoms with Gasteiger partial charge in [-0.1, -0.05) is 29.8 Å². The molecule has 6 nitrogen and oxygen atoms in total. The summed E-state index contributed by atoms with van der Waals surface area (Å²) in [4.78, 5) is 24.0. The Bertz CT molecular complexity index is 1190. The SMILES string of the molecule is Cc1cc(/C=N\NC(=O)C(=O)Nc2ccc(Cl)c(C(F)(F)F)c2)c(C)n1-c1ccccc1. The lowest BCUT2D eigenvalue weighted by atomic mass is 10.2. The van der Waals surface area contributed by atoms with Crippen LogP contribution in [0.1, 0.15) is 22.5 Å². The first kappa shape index (κ1) is 23.1. The second-order valence-corrected chi connectivity index (χ2v) is 7.25. The average molecular weight is 463 g/mol. The Labute approximate surface area is 186 Å². The highest BCUT2D eigenvalue weighted by molar-refractivity contribution is 6.39. The van der Waals surface area contributed by atoms with Crippen molar-refractivity contribution in [2.24, 2.45) is 5.10 Å². The second-order valence-electron chi connectivity index (χ2n) is 6.84. The van der Waals surface area contributed by atoms with Crippen molar-refractivity contribution in [2.75, 3.05) is 5.32 Å². The highest BCUT2D eigenvalue weighted by atomic mass is 35.5.